The zero-order chi connectivity index (χ0) is 24.4. The number of anilines is 1. The number of benzene rings is 2. The summed E-state index contributed by atoms with van der Waals surface area (Å²) in [5.41, 5.74) is 3.48. The molecule has 35 heavy (non-hydrogen) atoms. The van der Waals surface area contributed by atoms with E-state index in [0.717, 1.165) is 16.7 Å². The maximum atomic E-state index is 13.0. The van der Waals surface area contributed by atoms with Gasteiger partial charge >= 0.3 is 10.1 Å². The molecule has 1 fully saturated rings. The highest BCUT2D eigenvalue weighted by Gasteiger charge is 2.25. The Hall–Kier alpha value is -3.83. The lowest BCUT2D eigenvalue weighted by Gasteiger charge is -2.26. The number of rotatable bonds is 6. The second-order valence-electron chi connectivity index (χ2n) is 8.20. The van der Waals surface area contributed by atoms with E-state index in [1.165, 1.54) is 23.1 Å². The molecule has 0 spiro atoms. The van der Waals surface area contributed by atoms with Gasteiger partial charge in [0, 0.05) is 13.1 Å². The van der Waals surface area contributed by atoms with Crippen molar-refractivity contribution in [3.8, 4) is 5.88 Å². The zero-order valence-corrected chi connectivity index (χ0v) is 20.1. The molecule has 0 amide bonds. The predicted octanol–water partition coefficient (Wildman–Crippen LogP) is 2.93. The number of hydrogen-bond acceptors (Lipinski definition) is 9. The summed E-state index contributed by atoms with van der Waals surface area (Å²) in [6.07, 6.45) is 3.15. The molecule has 0 radical (unpaired) electrons. The molecule has 0 bridgehead atoms. The molecule has 0 aliphatic carbocycles. The van der Waals surface area contributed by atoms with Crippen LogP contribution in [0.25, 0.3) is 11.2 Å². The Kier molecular flexibility index (Phi) is 6.18. The summed E-state index contributed by atoms with van der Waals surface area (Å²) < 4.78 is 38.4. The van der Waals surface area contributed by atoms with E-state index >= 15 is 0 Å². The Morgan fingerprint density at radius 1 is 1.03 bits per heavy atom. The number of imidazole rings is 1. The van der Waals surface area contributed by atoms with E-state index in [-0.39, 0.29) is 16.3 Å². The average Bonchev–Trinajstić information content (AvgIpc) is 3.27. The molecule has 10 nitrogen and oxygen atoms in total. The zero-order valence-electron chi connectivity index (χ0n) is 19.3. The molecule has 0 saturated carbocycles. The van der Waals surface area contributed by atoms with E-state index in [9.17, 15) is 8.42 Å². The van der Waals surface area contributed by atoms with E-state index in [1.54, 1.807) is 18.3 Å². The normalized spacial score (nSPS) is 14.6. The van der Waals surface area contributed by atoms with E-state index in [1.807, 2.05) is 43.0 Å². The number of hydrogen-bond donors (Lipinski definition) is 0. The molecule has 1 aliphatic rings. The molecule has 180 valence electrons. The van der Waals surface area contributed by atoms with Crippen molar-refractivity contribution in [3.63, 3.8) is 0 Å². The molecule has 0 atom stereocenters. The van der Waals surface area contributed by atoms with Gasteiger partial charge in [-0.1, -0.05) is 47.5 Å². The number of aryl methyl sites for hydroxylation is 2. The van der Waals surface area contributed by atoms with Crippen LogP contribution in [0.3, 0.4) is 0 Å². The molecule has 1 aliphatic heterocycles. The highest BCUT2D eigenvalue weighted by Crippen LogP contribution is 2.28. The molecule has 4 aromatic rings. The van der Waals surface area contributed by atoms with Gasteiger partial charge in [-0.25, -0.2) is 9.66 Å². The van der Waals surface area contributed by atoms with Gasteiger partial charge in [-0.15, -0.1) is 0 Å². The van der Waals surface area contributed by atoms with Crippen LogP contribution in [0.2, 0.25) is 0 Å². The van der Waals surface area contributed by atoms with Crippen LogP contribution in [0.4, 0.5) is 5.95 Å². The molecule has 11 heteroatoms. The van der Waals surface area contributed by atoms with Crippen LogP contribution >= 0.6 is 0 Å². The van der Waals surface area contributed by atoms with Crippen LogP contribution in [0.15, 0.2) is 64.9 Å². The fourth-order valence-electron chi connectivity index (χ4n) is 3.64. The molecule has 0 unspecified atom stereocenters. The number of ether oxygens (including phenoxy) is 1. The third kappa shape index (κ3) is 5.00. The van der Waals surface area contributed by atoms with Gasteiger partial charge < -0.3 is 13.8 Å². The fraction of sp³-hybridized carbons (Fsp3) is 0.250. The second kappa shape index (κ2) is 9.43. The van der Waals surface area contributed by atoms with Crippen molar-refractivity contribution in [2.24, 2.45) is 5.10 Å². The molecular weight excluding hydrogens is 468 g/mol. The standard InChI is InChI=1S/C24H24N6O4S/c1-17-6-8-20(9-7-17)35(31,32)34-23-21-22(27-24(28-23)29-10-12-33-13-11-29)30(16-25-21)26-15-19-5-3-4-18(2)14-19/h3-9,14-16H,10-13H2,1-2H3. The van der Waals surface area contributed by atoms with Crippen molar-refractivity contribution in [1.29, 1.82) is 0 Å². The Morgan fingerprint density at radius 2 is 1.80 bits per heavy atom. The maximum absolute atomic E-state index is 13.0. The van der Waals surface area contributed by atoms with E-state index in [4.69, 9.17) is 8.92 Å². The predicted molar refractivity (Wildman–Crippen MR) is 132 cm³/mol. The summed E-state index contributed by atoms with van der Waals surface area (Å²) in [5, 5.41) is 4.49. The summed E-state index contributed by atoms with van der Waals surface area (Å²) in [6, 6.07) is 14.3. The summed E-state index contributed by atoms with van der Waals surface area (Å²) >= 11 is 0. The highest BCUT2D eigenvalue weighted by molar-refractivity contribution is 7.87. The Balaban J connectivity index is 1.57. The first-order chi connectivity index (χ1) is 16.9. The molecule has 2 aromatic carbocycles. The lowest BCUT2D eigenvalue weighted by molar-refractivity contribution is 0.122. The van der Waals surface area contributed by atoms with Gasteiger partial charge in [0.25, 0.3) is 5.88 Å². The minimum Gasteiger partial charge on any atom is -0.378 e. The van der Waals surface area contributed by atoms with Crippen molar-refractivity contribution < 1.29 is 17.3 Å². The first-order valence-electron chi connectivity index (χ1n) is 11.1. The van der Waals surface area contributed by atoms with Crippen molar-refractivity contribution in [2.45, 2.75) is 18.7 Å². The van der Waals surface area contributed by atoms with Crippen LogP contribution in [0, 0.1) is 13.8 Å². The number of nitrogens with zero attached hydrogens (tertiary/aromatic N) is 6. The van der Waals surface area contributed by atoms with Crippen molar-refractivity contribution >= 4 is 33.4 Å². The average molecular weight is 493 g/mol. The smallest absolute Gasteiger partial charge is 0.340 e. The van der Waals surface area contributed by atoms with E-state index < -0.39 is 10.1 Å². The molecule has 1 saturated heterocycles. The summed E-state index contributed by atoms with van der Waals surface area (Å²) in [7, 11) is -4.14. The Morgan fingerprint density at radius 3 is 2.54 bits per heavy atom. The van der Waals surface area contributed by atoms with Gasteiger partial charge in [-0.2, -0.15) is 23.5 Å². The summed E-state index contributed by atoms with van der Waals surface area (Å²) in [6.45, 7) is 6.05. The molecule has 5 rings (SSSR count). The first-order valence-corrected chi connectivity index (χ1v) is 12.5. The minimum atomic E-state index is -4.14. The SMILES string of the molecule is Cc1ccc(S(=O)(=O)Oc2nc(N3CCOCC3)nc3c2ncn3N=Cc2cccc(C)c2)cc1. The second-order valence-corrected chi connectivity index (χ2v) is 9.75. The van der Waals surface area contributed by atoms with Crippen molar-refractivity contribution in [1.82, 2.24) is 19.6 Å². The van der Waals surface area contributed by atoms with Crippen LogP contribution in [0.1, 0.15) is 16.7 Å². The van der Waals surface area contributed by atoms with Crippen molar-refractivity contribution in [2.75, 3.05) is 31.2 Å². The van der Waals surface area contributed by atoms with Gasteiger partial charge in [0.1, 0.15) is 11.2 Å². The summed E-state index contributed by atoms with van der Waals surface area (Å²) in [5.74, 6) is 0.170. The Labute approximate surface area is 203 Å². The number of fused-ring (bicyclic) bond motifs is 1. The van der Waals surface area contributed by atoms with Gasteiger partial charge in [0.2, 0.25) is 5.95 Å². The van der Waals surface area contributed by atoms with Gasteiger partial charge in [-0.05, 0) is 31.5 Å². The van der Waals surface area contributed by atoms with Crippen molar-refractivity contribution in [3.05, 3.63) is 71.5 Å². The fourth-order valence-corrected chi connectivity index (χ4v) is 4.53. The van der Waals surface area contributed by atoms with Crippen LogP contribution in [-0.2, 0) is 14.9 Å². The topological polar surface area (TPSA) is 112 Å². The molecule has 0 N–H and O–H groups in total. The van der Waals surface area contributed by atoms with Crippen LogP contribution in [-0.4, -0.2) is 60.6 Å². The highest BCUT2D eigenvalue weighted by atomic mass is 32.2. The van der Waals surface area contributed by atoms with Crippen LogP contribution in [0.5, 0.6) is 5.88 Å². The number of aromatic nitrogens is 4. The molecular formula is C24H24N6O4S. The third-order valence-electron chi connectivity index (χ3n) is 5.50. The van der Waals surface area contributed by atoms with Gasteiger partial charge in [0.05, 0.1) is 19.4 Å². The lowest BCUT2D eigenvalue weighted by Crippen LogP contribution is -2.37. The number of morpholine rings is 1. The van der Waals surface area contributed by atoms with E-state index in [2.05, 4.69) is 20.1 Å². The molecule has 3 heterocycles. The third-order valence-corrected chi connectivity index (χ3v) is 6.73. The molecule has 2 aromatic heterocycles. The van der Waals surface area contributed by atoms with Gasteiger partial charge in [-0.3, -0.25) is 0 Å². The first kappa shape index (κ1) is 22.9. The monoisotopic (exact) mass is 492 g/mol. The maximum Gasteiger partial charge on any atom is 0.340 e. The largest absolute Gasteiger partial charge is 0.378 e. The lowest BCUT2D eigenvalue weighted by atomic mass is 10.2. The minimum absolute atomic E-state index is 0.0275. The Bertz CT molecular complexity index is 1490. The van der Waals surface area contributed by atoms with Gasteiger partial charge in [0.15, 0.2) is 11.2 Å². The summed E-state index contributed by atoms with van der Waals surface area (Å²) in [4.78, 5) is 15.3. The van der Waals surface area contributed by atoms with Crippen LogP contribution < -0.4 is 9.08 Å². The quantitative estimate of drug-likeness (QED) is 0.298. The van der Waals surface area contributed by atoms with E-state index in [0.29, 0.717) is 37.9 Å².